The van der Waals surface area contributed by atoms with Crippen LogP contribution in [0.2, 0.25) is 0 Å². The maximum absolute atomic E-state index is 13.1. The van der Waals surface area contributed by atoms with Crippen molar-refractivity contribution in [2.45, 2.75) is 46.4 Å². The highest BCUT2D eigenvalue weighted by molar-refractivity contribution is 5.78. The van der Waals surface area contributed by atoms with Crippen molar-refractivity contribution in [2.24, 2.45) is 0 Å². The van der Waals surface area contributed by atoms with Gasteiger partial charge in [0.25, 0.3) is 0 Å². The second-order valence-electron chi connectivity index (χ2n) is 7.21. The number of aryl methyl sites for hydroxylation is 1. The summed E-state index contributed by atoms with van der Waals surface area (Å²) in [7, 11) is 0. The number of rotatable bonds is 7. The monoisotopic (exact) mass is 379 g/mol. The average Bonchev–Trinajstić information content (AvgIpc) is 3.35. The molecule has 0 bridgehead atoms. The number of fused-ring (bicyclic) bond motifs is 3. The van der Waals surface area contributed by atoms with Crippen LogP contribution >= 0.6 is 0 Å². The maximum atomic E-state index is 13.1. The van der Waals surface area contributed by atoms with Gasteiger partial charge in [-0.25, -0.2) is 0 Å². The topological polar surface area (TPSA) is 60.5 Å². The Balaban J connectivity index is 1.58. The lowest BCUT2D eigenvalue weighted by atomic mass is 10.0. The van der Waals surface area contributed by atoms with Gasteiger partial charge in [0.1, 0.15) is 24.7 Å². The van der Waals surface area contributed by atoms with Crippen molar-refractivity contribution in [3.05, 3.63) is 59.7 Å². The summed E-state index contributed by atoms with van der Waals surface area (Å²) in [6.07, 6.45) is 5.43. The first-order valence-electron chi connectivity index (χ1n) is 9.74. The van der Waals surface area contributed by atoms with Crippen LogP contribution in [-0.4, -0.2) is 27.1 Å². The molecule has 0 spiro atoms. The minimum absolute atomic E-state index is 0.0384. The molecule has 1 amide bonds. The van der Waals surface area contributed by atoms with E-state index in [1.54, 1.807) is 17.1 Å². The Morgan fingerprint density at radius 3 is 3.00 bits per heavy atom. The van der Waals surface area contributed by atoms with Gasteiger partial charge in [0.2, 0.25) is 5.91 Å². The second-order valence-corrected chi connectivity index (χ2v) is 7.21. The summed E-state index contributed by atoms with van der Waals surface area (Å²) in [4.78, 5) is 15.0. The fourth-order valence-electron chi connectivity index (χ4n) is 3.53. The molecule has 0 fully saturated rings. The average molecular weight is 379 g/mol. The van der Waals surface area contributed by atoms with Gasteiger partial charge in [0.15, 0.2) is 0 Å². The Labute approximate surface area is 164 Å². The molecule has 0 atom stereocenters. The molecule has 3 aromatic rings. The van der Waals surface area contributed by atoms with Crippen LogP contribution in [0, 0.1) is 6.92 Å². The lowest BCUT2D eigenvalue weighted by Crippen LogP contribution is -2.34. The van der Waals surface area contributed by atoms with Crippen molar-refractivity contribution in [3.63, 3.8) is 0 Å². The van der Waals surface area contributed by atoms with Crippen LogP contribution in [0.5, 0.6) is 5.75 Å². The Bertz CT molecular complexity index is 960. The SMILES string of the molecule is CCCCN(Cc1ccco1)C(=O)Cn1ncc2c1-c1cc(C)ccc1OC2. The van der Waals surface area contributed by atoms with E-state index < -0.39 is 0 Å². The molecule has 4 rings (SSSR count). The molecule has 1 aliphatic heterocycles. The Hall–Kier alpha value is -3.02. The summed E-state index contributed by atoms with van der Waals surface area (Å²) < 4.78 is 13.1. The molecule has 0 N–H and O–H groups in total. The van der Waals surface area contributed by atoms with E-state index in [9.17, 15) is 4.79 Å². The molecular formula is C22H25N3O3. The summed E-state index contributed by atoms with van der Waals surface area (Å²) in [5.41, 5.74) is 4.14. The smallest absolute Gasteiger partial charge is 0.244 e. The molecular weight excluding hydrogens is 354 g/mol. The van der Waals surface area contributed by atoms with E-state index in [4.69, 9.17) is 9.15 Å². The molecule has 28 heavy (non-hydrogen) atoms. The number of carbonyl (C=O) groups excluding carboxylic acids is 1. The van der Waals surface area contributed by atoms with E-state index >= 15 is 0 Å². The first-order valence-corrected chi connectivity index (χ1v) is 9.74. The lowest BCUT2D eigenvalue weighted by molar-refractivity contribution is -0.133. The van der Waals surface area contributed by atoms with Crippen LogP contribution in [0.3, 0.4) is 0 Å². The molecule has 1 aromatic carbocycles. The molecule has 0 radical (unpaired) electrons. The van der Waals surface area contributed by atoms with Gasteiger partial charge in [-0.1, -0.05) is 25.0 Å². The number of carbonyl (C=O) groups is 1. The number of benzene rings is 1. The van der Waals surface area contributed by atoms with Gasteiger partial charge in [-0.3, -0.25) is 9.48 Å². The van der Waals surface area contributed by atoms with Crippen molar-refractivity contribution < 1.29 is 13.9 Å². The lowest BCUT2D eigenvalue weighted by Gasteiger charge is -2.23. The Morgan fingerprint density at radius 2 is 2.21 bits per heavy atom. The van der Waals surface area contributed by atoms with Gasteiger partial charge in [0.05, 0.1) is 24.7 Å². The van der Waals surface area contributed by atoms with Crippen molar-refractivity contribution in [1.29, 1.82) is 0 Å². The van der Waals surface area contributed by atoms with Crippen molar-refractivity contribution >= 4 is 5.91 Å². The maximum Gasteiger partial charge on any atom is 0.244 e. The summed E-state index contributed by atoms with van der Waals surface area (Å²) in [6, 6.07) is 9.86. The minimum Gasteiger partial charge on any atom is -0.488 e. The molecule has 2 aromatic heterocycles. The zero-order chi connectivity index (χ0) is 19.5. The predicted molar refractivity (Wildman–Crippen MR) is 106 cm³/mol. The number of furan rings is 1. The molecule has 0 saturated heterocycles. The summed E-state index contributed by atoms with van der Waals surface area (Å²) in [5, 5.41) is 4.49. The zero-order valence-corrected chi connectivity index (χ0v) is 16.4. The molecule has 6 heteroatoms. The summed E-state index contributed by atoms with van der Waals surface area (Å²) in [5.74, 6) is 1.67. The molecule has 0 unspecified atom stereocenters. The Kier molecular flexibility index (Phi) is 5.19. The van der Waals surface area contributed by atoms with Crippen LogP contribution in [-0.2, 0) is 24.5 Å². The minimum atomic E-state index is 0.0384. The van der Waals surface area contributed by atoms with E-state index in [1.165, 1.54) is 0 Å². The standard InChI is InChI=1S/C22H25N3O3/c1-3-4-9-24(13-18-6-5-10-27-18)21(26)14-25-22-17(12-23-25)15-28-20-8-7-16(2)11-19(20)22/h5-8,10-12H,3-4,9,13-15H2,1-2H3. The number of nitrogens with zero attached hydrogens (tertiary/aromatic N) is 3. The molecule has 0 saturated carbocycles. The van der Waals surface area contributed by atoms with E-state index in [1.807, 2.05) is 29.2 Å². The van der Waals surface area contributed by atoms with Crippen LogP contribution in [0.4, 0.5) is 0 Å². The number of aromatic nitrogens is 2. The number of ether oxygens (including phenoxy) is 1. The highest BCUT2D eigenvalue weighted by Crippen LogP contribution is 2.37. The van der Waals surface area contributed by atoms with E-state index in [0.717, 1.165) is 46.7 Å². The van der Waals surface area contributed by atoms with Gasteiger partial charge in [-0.15, -0.1) is 0 Å². The third-order valence-corrected chi connectivity index (χ3v) is 5.03. The molecule has 146 valence electrons. The number of unbranched alkanes of at least 4 members (excludes halogenated alkanes) is 1. The van der Waals surface area contributed by atoms with E-state index in [-0.39, 0.29) is 12.5 Å². The van der Waals surface area contributed by atoms with Gasteiger partial charge < -0.3 is 14.1 Å². The number of amides is 1. The van der Waals surface area contributed by atoms with E-state index in [0.29, 0.717) is 19.7 Å². The predicted octanol–water partition coefficient (Wildman–Crippen LogP) is 4.17. The number of hydrogen-bond acceptors (Lipinski definition) is 4. The van der Waals surface area contributed by atoms with Gasteiger partial charge >= 0.3 is 0 Å². The highest BCUT2D eigenvalue weighted by Gasteiger charge is 2.24. The molecule has 0 aliphatic carbocycles. The zero-order valence-electron chi connectivity index (χ0n) is 16.4. The molecule has 3 heterocycles. The first-order chi connectivity index (χ1) is 13.7. The van der Waals surface area contributed by atoms with Gasteiger partial charge in [-0.2, -0.15) is 5.10 Å². The third kappa shape index (κ3) is 3.67. The van der Waals surface area contributed by atoms with Crippen LogP contribution in [0.15, 0.2) is 47.2 Å². The first kappa shape index (κ1) is 18.3. The van der Waals surface area contributed by atoms with Gasteiger partial charge in [-0.05, 0) is 37.6 Å². The van der Waals surface area contributed by atoms with Crippen molar-refractivity contribution in [2.75, 3.05) is 6.54 Å². The number of hydrogen-bond donors (Lipinski definition) is 0. The summed E-state index contributed by atoms with van der Waals surface area (Å²) in [6.45, 7) is 6.04. The molecule has 6 nitrogen and oxygen atoms in total. The van der Waals surface area contributed by atoms with Crippen LogP contribution in [0.25, 0.3) is 11.3 Å². The fourth-order valence-corrected chi connectivity index (χ4v) is 3.53. The quantitative estimate of drug-likeness (QED) is 0.618. The third-order valence-electron chi connectivity index (χ3n) is 5.03. The van der Waals surface area contributed by atoms with Crippen molar-refractivity contribution in [3.8, 4) is 17.0 Å². The normalized spacial score (nSPS) is 12.2. The van der Waals surface area contributed by atoms with E-state index in [2.05, 4.69) is 25.0 Å². The highest BCUT2D eigenvalue weighted by atomic mass is 16.5. The summed E-state index contributed by atoms with van der Waals surface area (Å²) >= 11 is 0. The largest absolute Gasteiger partial charge is 0.488 e. The second kappa shape index (κ2) is 7.92. The fraction of sp³-hybridized carbons (Fsp3) is 0.364. The Morgan fingerprint density at radius 1 is 1.32 bits per heavy atom. The van der Waals surface area contributed by atoms with Crippen LogP contribution < -0.4 is 4.74 Å². The van der Waals surface area contributed by atoms with Crippen molar-refractivity contribution in [1.82, 2.24) is 14.7 Å². The molecule has 1 aliphatic rings. The van der Waals surface area contributed by atoms with Crippen LogP contribution in [0.1, 0.15) is 36.7 Å². The van der Waals surface area contributed by atoms with Gasteiger partial charge in [0, 0.05) is 17.7 Å².